The molecule has 10 heteroatoms. The van der Waals surface area contributed by atoms with E-state index in [0.717, 1.165) is 22.7 Å². The summed E-state index contributed by atoms with van der Waals surface area (Å²) in [5.41, 5.74) is 21.7. The number of hydrogen-bond acceptors (Lipinski definition) is 6. The Balaban J connectivity index is 0.000000131. The van der Waals surface area contributed by atoms with Crippen LogP contribution in [0.25, 0.3) is 0 Å². The van der Waals surface area contributed by atoms with Crippen LogP contribution < -0.4 is 32.8 Å². The Hall–Kier alpha value is -0.934. The standard InChI is InChI=1S/2C6H7N3.3ClH.Ga/c2*1-2-4-6-5(3-1)7-9-8-6;;;;/h2*1-4,7-9H;3*1H;/q;;;;;+3/p-3. The van der Waals surface area contributed by atoms with Gasteiger partial charge in [0.2, 0.25) is 0 Å². The molecule has 0 atom stereocenters. The average molecular weight is 418 g/mol. The number of hydrazine groups is 4. The molecule has 0 unspecified atom stereocenters. The maximum Gasteiger partial charge on any atom is 0.0750 e. The van der Waals surface area contributed by atoms with E-state index in [1.54, 1.807) is 0 Å². The van der Waals surface area contributed by atoms with Gasteiger partial charge in [-0.05, 0) is 24.3 Å². The third-order valence-electron chi connectivity index (χ3n) is 2.64. The Labute approximate surface area is 145 Å². The summed E-state index contributed by atoms with van der Waals surface area (Å²) in [5.74, 6) is 0. The van der Waals surface area contributed by atoms with Crippen LogP contribution in [0.5, 0.6) is 0 Å². The van der Waals surface area contributed by atoms with Gasteiger partial charge < -0.3 is 21.7 Å². The number of benzene rings is 2. The van der Waals surface area contributed by atoms with E-state index in [-0.39, 0.29) is 0 Å². The van der Waals surface area contributed by atoms with E-state index in [9.17, 15) is 0 Å². The molecule has 0 bridgehead atoms. The van der Waals surface area contributed by atoms with Crippen LogP contribution in [0.4, 0.5) is 22.7 Å². The molecule has 2 heterocycles. The summed E-state index contributed by atoms with van der Waals surface area (Å²) in [5, 5.41) is 0. The molecule has 0 saturated heterocycles. The third kappa shape index (κ3) is 5.69. The van der Waals surface area contributed by atoms with Crippen LogP contribution in [0.2, 0.25) is 0 Å². The predicted octanol–water partition coefficient (Wildman–Crippen LogP) is 3.57. The molecule has 2 aliphatic heterocycles. The van der Waals surface area contributed by atoms with Gasteiger partial charge in [0, 0.05) is 0 Å². The Bertz CT molecular complexity index is 502. The Morgan fingerprint density at radius 3 is 1.00 bits per heavy atom. The zero-order valence-electron chi connectivity index (χ0n) is 11.3. The first kappa shape index (κ1) is 17.4. The number of halogens is 3. The Morgan fingerprint density at radius 2 is 0.773 bits per heavy atom. The van der Waals surface area contributed by atoms with Gasteiger partial charge >= 0.3 is 42.1 Å². The summed E-state index contributed by atoms with van der Waals surface area (Å²) in [6, 6.07) is 16.0. The van der Waals surface area contributed by atoms with Crippen molar-refractivity contribution in [1.29, 1.82) is 0 Å². The summed E-state index contributed by atoms with van der Waals surface area (Å²) >= 11 is -2.06. The van der Waals surface area contributed by atoms with E-state index < -0.39 is 13.2 Å². The van der Waals surface area contributed by atoms with Gasteiger partial charge in [-0.15, -0.1) is 11.1 Å². The molecular weight excluding hydrogens is 404 g/mol. The molecule has 0 saturated carbocycles. The molecular formula is C12H14Cl3GaN6. The fraction of sp³-hybridized carbons (Fsp3) is 0. The van der Waals surface area contributed by atoms with Crippen molar-refractivity contribution in [3.63, 3.8) is 0 Å². The molecule has 0 amide bonds. The van der Waals surface area contributed by atoms with Crippen molar-refractivity contribution >= 4 is 64.9 Å². The second-order valence-corrected chi connectivity index (χ2v) is 15.4. The average Bonchev–Trinajstić information content (AvgIpc) is 3.16. The molecule has 0 radical (unpaired) electrons. The van der Waals surface area contributed by atoms with Crippen molar-refractivity contribution in [3.8, 4) is 0 Å². The monoisotopic (exact) mass is 416 g/mol. The SMILES string of the molecule is [Cl][Ga]([Cl])[Cl].c1ccc2c(c1)NNN2.c1ccc2c(c1)NNN2. The van der Waals surface area contributed by atoms with Crippen molar-refractivity contribution in [2.24, 2.45) is 0 Å². The van der Waals surface area contributed by atoms with Gasteiger partial charge in [0.25, 0.3) is 0 Å². The van der Waals surface area contributed by atoms with E-state index in [1.807, 2.05) is 48.5 Å². The second-order valence-electron chi connectivity index (χ2n) is 4.09. The van der Waals surface area contributed by atoms with Crippen LogP contribution in [-0.2, 0) is 0 Å². The Kier molecular flexibility index (Phi) is 7.33. The molecule has 0 aromatic heterocycles. The summed E-state index contributed by atoms with van der Waals surface area (Å²) < 4.78 is 0. The van der Waals surface area contributed by atoms with E-state index in [0.29, 0.717) is 0 Å². The molecule has 22 heavy (non-hydrogen) atoms. The molecule has 116 valence electrons. The van der Waals surface area contributed by atoms with Crippen LogP contribution in [-0.4, -0.2) is 13.2 Å². The van der Waals surface area contributed by atoms with Gasteiger partial charge in [-0.2, -0.15) is 0 Å². The summed E-state index contributed by atoms with van der Waals surface area (Å²) in [6.45, 7) is 0. The quantitative estimate of drug-likeness (QED) is 0.368. The van der Waals surface area contributed by atoms with Crippen LogP contribution in [0.1, 0.15) is 0 Å². The largest absolute Gasteiger partial charge is 0.302 e. The number of rotatable bonds is 0. The first-order chi connectivity index (χ1) is 10.7. The summed E-state index contributed by atoms with van der Waals surface area (Å²) in [4.78, 5) is 0. The Morgan fingerprint density at radius 1 is 0.545 bits per heavy atom. The second kappa shape index (κ2) is 9.26. The maximum atomic E-state index is 4.99. The number of anilines is 4. The van der Waals surface area contributed by atoms with E-state index in [1.165, 1.54) is 0 Å². The molecule has 2 aromatic rings. The molecule has 4 rings (SSSR count). The van der Waals surface area contributed by atoms with Crippen molar-refractivity contribution in [2.75, 3.05) is 21.7 Å². The first-order valence-corrected chi connectivity index (χ1v) is 15.9. The molecule has 0 aliphatic carbocycles. The summed E-state index contributed by atoms with van der Waals surface area (Å²) in [7, 11) is 15.0. The van der Waals surface area contributed by atoms with Gasteiger partial charge in [0.1, 0.15) is 0 Å². The van der Waals surface area contributed by atoms with Gasteiger partial charge in [-0.25, -0.2) is 0 Å². The van der Waals surface area contributed by atoms with Crippen LogP contribution in [0.15, 0.2) is 48.5 Å². The van der Waals surface area contributed by atoms with Gasteiger partial charge in [-0.3, -0.25) is 0 Å². The van der Waals surface area contributed by atoms with Crippen molar-refractivity contribution in [2.45, 2.75) is 0 Å². The van der Waals surface area contributed by atoms with Crippen LogP contribution >= 0.6 is 28.9 Å². The van der Waals surface area contributed by atoms with Gasteiger partial charge in [0.05, 0.1) is 22.7 Å². The topological polar surface area (TPSA) is 72.2 Å². The van der Waals surface area contributed by atoms with E-state index >= 15 is 0 Å². The van der Waals surface area contributed by atoms with Gasteiger partial charge in [0.15, 0.2) is 0 Å². The number of fused-ring (bicyclic) bond motifs is 2. The zero-order valence-corrected chi connectivity index (χ0v) is 16.0. The fourth-order valence-electron chi connectivity index (χ4n) is 1.73. The minimum absolute atomic E-state index is 1.09. The van der Waals surface area contributed by atoms with Crippen molar-refractivity contribution in [1.82, 2.24) is 11.1 Å². The smallest absolute Gasteiger partial charge is 0.0750 e. The number of hydrogen-bond donors (Lipinski definition) is 6. The normalized spacial score (nSPS) is 12.5. The maximum absolute atomic E-state index is 4.99. The number of nitrogens with one attached hydrogen (secondary N) is 6. The molecule has 6 N–H and O–H groups in total. The van der Waals surface area contributed by atoms with Crippen LogP contribution in [0.3, 0.4) is 0 Å². The fourth-order valence-corrected chi connectivity index (χ4v) is 1.73. The molecule has 2 aliphatic rings. The number of para-hydroxylation sites is 4. The summed E-state index contributed by atoms with van der Waals surface area (Å²) in [6.07, 6.45) is 0. The third-order valence-corrected chi connectivity index (χ3v) is 2.64. The first-order valence-electron chi connectivity index (χ1n) is 6.31. The minimum Gasteiger partial charge on any atom is -0.302 e. The zero-order chi connectivity index (χ0) is 15.8. The van der Waals surface area contributed by atoms with Crippen molar-refractivity contribution < 1.29 is 0 Å². The minimum atomic E-state index is -2.06. The van der Waals surface area contributed by atoms with Crippen molar-refractivity contribution in [3.05, 3.63) is 48.5 Å². The van der Waals surface area contributed by atoms with E-state index in [4.69, 9.17) is 28.9 Å². The molecule has 2 aromatic carbocycles. The van der Waals surface area contributed by atoms with Crippen LogP contribution in [0, 0.1) is 0 Å². The predicted molar refractivity (Wildman–Crippen MR) is 97.0 cm³/mol. The molecule has 6 nitrogen and oxygen atoms in total. The van der Waals surface area contributed by atoms with E-state index in [2.05, 4.69) is 32.8 Å². The molecule has 0 spiro atoms. The molecule has 0 fully saturated rings. The van der Waals surface area contributed by atoms with Gasteiger partial charge in [-0.1, -0.05) is 24.3 Å².